The van der Waals surface area contributed by atoms with Crippen molar-refractivity contribution in [2.45, 2.75) is 6.42 Å². The molecule has 0 bridgehead atoms. The Bertz CT molecular complexity index is 404. The van der Waals surface area contributed by atoms with Crippen LogP contribution in [0.25, 0.3) is 0 Å². The zero-order valence-corrected chi connectivity index (χ0v) is 10.5. The van der Waals surface area contributed by atoms with Crippen molar-refractivity contribution in [2.24, 2.45) is 0 Å². The second-order valence-electron chi connectivity index (χ2n) is 3.17. The van der Waals surface area contributed by atoms with E-state index >= 15 is 0 Å². The van der Waals surface area contributed by atoms with Crippen LogP contribution in [0.4, 0.5) is 10.1 Å². The van der Waals surface area contributed by atoms with Gasteiger partial charge in [-0.1, -0.05) is 0 Å². The molecule has 0 amide bonds. The van der Waals surface area contributed by atoms with Gasteiger partial charge >= 0.3 is 0 Å². The minimum atomic E-state index is -0.434. The maximum absolute atomic E-state index is 13.7. The van der Waals surface area contributed by atoms with Crippen LogP contribution >= 0.6 is 15.9 Å². The molecule has 0 heterocycles. The quantitative estimate of drug-likeness (QED) is 0.847. The molecule has 0 aromatic heterocycles. The van der Waals surface area contributed by atoms with Crippen molar-refractivity contribution in [1.82, 2.24) is 0 Å². The highest BCUT2D eigenvalue weighted by molar-refractivity contribution is 9.10. The normalized spacial score (nSPS) is 9.88. The highest BCUT2D eigenvalue weighted by Crippen LogP contribution is 2.26. The summed E-state index contributed by atoms with van der Waals surface area (Å²) in [6, 6.07) is 5.04. The van der Waals surface area contributed by atoms with Gasteiger partial charge in [0.15, 0.2) is 5.82 Å². The molecular formula is C11H12BrFN2O. The van der Waals surface area contributed by atoms with Crippen LogP contribution in [-0.4, -0.2) is 20.3 Å². The maximum atomic E-state index is 13.7. The Morgan fingerprint density at radius 3 is 2.94 bits per heavy atom. The number of benzene rings is 1. The molecule has 1 aromatic rings. The summed E-state index contributed by atoms with van der Waals surface area (Å²) >= 11 is 3.05. The van der Waals surface area contributed by atoms with Crippen molar-refractivity contribution in [3.63, 3.8) is 0 Å². The Balaban J connectivity index is 2.68. The van der Waals surface area contributed by atoms with Crippen molar-refractivity contribution >= 4 is 21.6 Å². The smallest absolute Gasteiger partial charge is 0.161 e. The molecular weight excluding hydrogens is 275 g/mol. The summed E-state index contributed by atoms with van der Waals surface area (Å²) in [4.78, 5) is 0. The Kier molecular flexibility index (Phi) is 5.23. The molecule has 0 fully saturated rings. The van der Waals surface area contributed by atoms with Crippen LogP contribution in [0.15, 0.2) is 16.6 Å². The summed E-state index contributed by atoms with van der Waals surface area (Å²) in [6.45, 7) is 1.26. The predicted octanol–water partition coefficient (Wildman–Crippen LogP) is 2.91. The maximum Gasteiger partial charge on any atom is 0.161 e. The minimum Gasteiger partial charge on any atom is -0.385 e. The Hall–Kier alpha value is -1.12. The lowest BCUT2D eigenvalue weighted by Gasteiger charge is -2.08. The first-order chi connectivity index (χ1) is 7.70. The average Bonchev–Trinajstić information content (AvgIpc) is 2.30. The summed E-state index contributed by atoms with van der Waals surface area (Å²) in [6.07, 6.45) is 0.799. The van der Waals surface area contributed by atoms with E-state index < -0.39 is 5.82 Å². The van der Waals surface area contributed by atoms with E-state index in [1.165, 1.54) is 0 Å². The number of halogens is 2. The third kappa shape index (κ3) is 3.19. The molecule has 0 aliphatic heterocycles. The Labute approximate surface area is 102 Å². The second kappa shape index (κ2) is 6.46. The van der Waals surface area contributed by atoms with E-state index in [2.05, 4.69) is 21.2 Å². The van der Waals surface area contributed by atoms with Gasteiger partial charge in [-0.15, -0.1) is 0 Å². The number of methoxy groups -OCH3 is 1. The second-order valence-corrected chi connectivity index (χ2v) is 3.97. The number of hydrogen-bond donors (Lipinski definition) is 1. The van der Waals surface area contributed by atoms with Gasteiger partial charge in [-0.05, 0) is 34.5 Å². The molecule has 0 saturated heterocycles. The van der Waals surface area contributed by atoms with Crippen LogP contribution in [0.2, 0.25) is 0 Å². The van der Waals surface area contributed by atoms with Crippen molar-refractivity contribution in [3.8, 4) is 6.07 Å². The molecule has 16 heavy (non-hydrogen) atoms. The van der Waals surface area contributed by atoms with Crippen LogP contribution in [-0.2, 0) is 4.74 Å². The SMILES string of the molecule is COCCCNc1ccc(C#N)c(Br)c1F. The third-order valence-electron chi connectivity index (χ3n) is 2.04. The molecule has 86 valence electrons. The van der Waals surface area contributed by atoms with E-state index in [0.29, 0.717) is 24.4 Å². The van der Waals surface area contributed by atoms with Crippen LogP contribution < -0.4 is 5.32 Å². The van der Waals surface area contributed by atoms with Crippen LogP contribution in [0.1, 0.15) is 12.0 Å². The predicted molar refractivity (Wildman–Crippen MR) is 63.8 cm³/mol. The fourth-order valence-corrected chi connectivity index (χ4v) is 1.65. The number of rotatable bonds is 5. The van der Waals surface area contributed by atoms with Crippen LogP contribution in [0.5, 0.6) is 0 Å². The average molecular weight is 287 g/mol. The molecule has 0 radical (unpaired) electrons. The number of anilines is 1. The van der Waals surface area contributed by atoms with Crippen molar-refractivity contribution in [1.29, 1.82) is 5.26 Å². The van der Waals surface area contributed by atoms with E-state index in [1.807, 2.05) is 6.07 Å². The van der Waals surface area contributed by atoms with Gasteiger partial charge in [0.1, 0.15) is 6.07 Å². The minimum absolute atomic E-state index is 0.201. The van der Waals surface area contributed by atoms with Crippen molar-refractivity contribution < 1.29 is 9.13 Å². The summed E-state index contributed by atoms with van der Waals surface area (Å²) in [7, 11) is 1.62. The fourth-order valence-electron chi connectivity index (χ4n) is 1.21. The van der Waals surface area contributed by atoms with Gasteiger partial charge in [0.2, 0.25) is 0 Å². The molecule has 0 aliphatic rings. The molecule has 0 unspecified atom stereocenters. The van der Waals surface area contributed by atoms with Gasteiger partial charge in [-0.3, -0.25) is 0 Å². The lowest BCUT2D eigenvalue weighted by atomic mass is 10.2. The Morgan fingerprint density at radius 1 is 1.56 bits per heavy atom. The van der Waals surface area contributed by atoms with E-state index in [1.54, 1.807) is 19.2 Å². The highest BCUT2D eigenvalue weighted by atomic mass is 79.9. The molecule has 0 atom stereocenters. The van der Waals surface area contributed by atoms with Crippen molar-refractivity contribution in [2.75, 3.05) is 25.6 Å². The van der Waals surface area contributed by atoms with Gasteiger partial charge < -0.3 is 10.1 Å². The Morgan fingerprint density at radius 2 is 2.31 bits per heavy atom. The fraction of sp³-hybridized carbons (Fsp3) is 0.364. The molecule has 5 heteroatoms. The summed E-state index contributed by atoms with van der Waals surface area (Å²) in [5, 5.41) is 11.6. The van der Waals surface area contributed by atoms with Gasteiger partial charge in [-0.2, -0.15) is 5.26 Å². The molecule has 1 N–H and O–H groups in total. The first-order valence-corrected chi connectivity index (χ1v) is 5.61. The molecule has 1 aromatic carbocycles. The summed E-state index contributed by atoms with van der Waals surface area (Å²) < 4.78 is 18.8. The van der Waals surface area contributed by atoms with Gasteiger partial charge in [0.05, 0.1) is 15.7 Å². The lowest BCUT2D eigenvalue weighted by molar-refractivity contribution is 0.197. The number of nitriles is 1. The largest absolute Gasteiger partial charge is 0.385 e. The van der Waals surface area contributed by atoms with E-state index in [0.717, 1.165) is 6.42 Å². The van der Waals surface area contributed by atoms with Gasteiger partial charge in [0.25, 0.3) is 0 Å². The van der Waals surface area contributed by atoms with E-state index in [4.69, 9.17) is 10.00 Å². The van der Waals surface area contributed by atoms with Crippen LogP contribution in [0.3, 0.4) is 0 Å². The lowest BCUT2D eigenvalue weighted by Crippen LogP contribution is -2.06. The molecule has 3 nitrogen and oxygen atoms in total. The van der Waals surface area contributed by atoms with Gasteiger partial charge in [0, 0.05) is 20.3 Å². The number of nitrogens with zero attached hydrogens (tertiary/aromatic N) is 1. The first-order valence-electron chi connectivity index (χ1n) is 4.81. The molecule has 0 saturated carbocycles. The summed E-state index contributed by atoms with van der Waals surface area (Å²) in [5.74, 6) is -0.434. The van der Waals surface area contributed by atoms with Gasteiger partial charge in [-0.25, -0.2) is 4.39 Å². The summed E-state index contributed by atoms with van der Waals surface area (Å²) in [5.41, 5.74) is 0.682. The monoisotopic (exact) mass is 286 g/mol. The van der Waals surface area contributed by atoms with Crippen molar-refractivity contribution in [3.05, 3.63) is 28.0 Å². The third-order valence-corrected chi connectivity index (χ3v) is 2.82. The number of ether oxygens (including phenoxy) is 1. The highest BCUT2D eigenvalue weighted by Gasteiger charge is 2.10. The number of hydrogen-bond acceptors (Lipinski definition) is 3. The van der Waals surface area contributed by atoms with E-state index in [-0.39, 0.29) is 4.47 Å². The zero-order valence-electron chi connectivity index (χ0n) is 8.89. The van der Waals surface area contributed by atoms with E-state index in [9.17, 15) is 4.39 Å². The molecule has 0 aliphatic carbocycles. The standard InChI is InChI=1S/C11H12BrFN2O/c1-16-6-2-5-15-9-4-3-8(7-14)10(12)11(9)13/h3-4,15H,2,5-6H2,1H3. The number of nitrogens with one attached hydrogen (secondary N) is 1. The molecule has 0 spiro atoms. The zero-order chi connectivity index (χ0) is 12.0. The molecule has 1 rings (SSSR count). The topological polar surface area (TPSA) is 45.0 Å². The first kappa shape index (κ1) is 12.9. The van der Waals surface area contributed by atoms with Crippen LogP contribution in [0, 0.1) is 17.1 Å².